The van der Waals surface area contributed by atoms with Gasteiger partial charge in [-0.3, -0.25) is 46.0 Å². The molecule has 0 aliphatic heterocycles. The number of pyridine rings is 4. The van der Waals surface area contributed by atoms with Crippen LogP contribution in [0, 0.1) is 37.8 Å². The number of nitrogens with one attached hydrogen (secondary N) is 5. The molecular weight excluding hydrogens is 1350 g/mol. The van der Waals surface area contributed by atoms with Crippen molar-refractivity contribution in [2.45, 2.75) is 99.9 Å². The highest BCUT2D eigenvalue weighted by molar-refractivity contribution is 6.33. The molecule has 0 saturated carbocycles. The van der Waals surface area contributed by atoms with E-state index in [4.69, 9.17) is 73.5 Å². The van der Waals surface area contributed by atoms with Gasteiger partial charge in [-0.15, -0.1) is 10.2 Å². The summed E-state index contributed by atoms with van der Waals surface area (Å²) in [6.45, 7) is 20.1. The highest BCUT2D eigenvalue weighted by Gasteiger charge is 2.22. The fourth-order valence-electron chi connectivity index (χ4n) is 6.05. The molecule has 0 unspecified atom stereocenters. The lowest BCUT2D eigenvalue weighted by molar-refractivity contribution is -0.385. The maximum atomic E-state index is 11.5. The molecule has 14 N–H and O–H groups in total. The van der Waals surface area contributed by atoms with E-state index in [0.717, 1.165) is 24.7 Å². The topological polar surface area (TPSA) is 620 Å². The molecule has 8 aromatic rings. The molecule has 0 aromatic carbocycles. The van der Waals surface area contributed by atoms with Crippen LogP contribution in [-0.2, 0) is 22.1 Å². The number of carboxylic acids is 8. The van der Waals surface area contributed by atoms with Crippen LogP contribution >= 0.6 is 23.2 Å². The number of anilines is 2. The number of aromatic amines is 3. The van der Waals surface area contributed by atoms with E-state index < -0.39 is 87.4 Å². The lowest BCUT2D eigenvalue weighted by Gasteiger charge is -2.20. The van der Waals surface area contributed by atoms with Gasteiger partial charge in [0.05, 0.1) is 56.1 Å². The van der Waals surface area contributed by atoms with Crippen molar-refractivity contribution >= 4 is 100 Å². The molecule has 40 nitrogen and oxygen atoms in total. The van der Waals surface area contributed by atoms with Crippen molar-refractivity contribution in [1.29, 1.82) is 0 Å². The Morgan fingerprint density at radius 1 is 0.592 bits per heavy atom. The number of carbonyl (C=O) groups is 10. The van der Waals surface area contributed by atoms with Crippen LogP contribution in [-0.4, -0.2) is 193 Å². The van der Waals surface area contributed by atoms with Crippen LogP contribution in [0.3, 0.4) is 0 Å². The van der Waals surface area contributed by atoms with E-state index in [-0.39, 0.29) is 66.6 Å². The van der Waals surface area contributed by atoms with Crippen molar-refractivity contribution < 1.29 is 108 Å². The number of carboxylic acid groups (broad SMARTS) is 8. The number of carbonyl (C=O) groups excluding carboxylic acids is 2. The third-order valence-corrected chi connectivity index (χ3v) is 11.0. The summed E-state index contributed by atoms with van der Waals surface area (Å²) in [5, 5.41) is 117. The van der Waals surface area contributed by atoms with Gasteiger partial charge in [0.1, 0.15) is 39.3 Å². The molecule has 526 valence electrons. The van der Waals surface area contributed by atoms with Crippen molar-refractivity contribution in [1.82, 2.24) is 70.5 Å². The van der Waals surface area contributed by atoms with E-state index in [9.17, 15) is 63.2 Å². The maximum absolute atomic E-state index is 11.5. The van der Waals surface area contributed by atoms with Gasteiger partial charge < -0.3 is 55.4 Å². The lowest BCUT2D eigenvalue weighted by atomic mass is 10.0. The number of aromatic carboxylic acids is 8. The molecule has 2 amide bonds. The maximum Gasteiger partial charge on any atom is 0.413 e. The summed E-state index contributed by atoms with van der Waals surface area (Å²) in [6, 6.07) is 6.38. The van der Waals surface area contributed by atoms with Gasteiger partial charge >= 0.3 is 65.6 Å². The van der Waals surface area contributed by atoms with Crippen LogP contribution < -0.4 is 10.6 Å². The summed E-state index contributed by atoms with van der Waals surface area (Å²) in [5.41, 5.74) is -0.185. The Morgan fingerprint density at radius 3 is 1.48 bits per heavy atom. The average Bonchev–Trinajstić information content (AvgIpc) is 1.21. The van der Waals surface area contributed by atoms with Gasteiger partial charge in [0, 0.05) is 55.5 Å². The number of halogens is 2. The molecule has 98 heavy (non-hydrogen) atoms. The first kappa shape index (κ1) is 83.6. The van der Waals surface area contributed by atoms with E-state index >= 15 is 0 Å². The Morgan fingerprint density at radius 2 is 1.13 bits per heavy atom. The molecule has 8 aromatic heterocycles. The number of hydrogen-bond donors (Lipinski definition) is 14. The van der Waals surface area contributed by atoms with Crippen LogP contribution in [0.15, 0.2) is 73.7 Å². The zero-order valence-electron chi connectivity index (χ0n) is 53.8. The number of aromatic nitrogens is 14. The number of hydrogen-bond acceptors (Lipinski definition) is 25. The van der Waals surface area contributed by atoms with E-state index in [2.05, 4.69) is 76.5 Å². The minimum absolute atomic E-state index is 0.0285. The fraction of sp³-hybridized carbons (Fsp3) is 0.286. The van der Waals surface area contributed by atoms with Gasteiger partial charge in [0.25, 0.3) is 5.82 Å². The van der Waals surface area contributed by atoms with E-state index in [0.29, 0.717) is 28.6 Å². The number of aliphatic hydroxyl groups is 1. The summed E-state index contributed by atoms with van der Waals surface area (Å²) in [6.07, 6.45) is 6.91. The van der Waals surface area contributed by atoms with Gasteiger partial charge in [-0.2, -0.15) is 10.2 Å². The minimum atomic E-state index is -1.28. The normalized spacial score (nSPS) is 10.2. The largest absolute Gasteiger partial charge is 0.478 e. The van der Waals surface area contributed by atoms with Crippen LogP contribution in [0.5, 0.6) is 0 Å². The lowest BCUT2D eigenvalue weighted by Crippen LogP contribution is -2.27. The number of amides is 2. The van der Waals surface area contributed by atoms with Gasteiger partial charge in [0.2, 0.25) is 5.15 Å². The molecule has 0 fully saturated rings. The molecule has 42 heteroatoms. The second-order valence-electron chi connectivity index (χ2n) is 21.2. The van der Waals surface area contributed by atoms with Crippen LogP contribution in [0.1, 0.15) is 167 Å². The van der Waals surface area contributed by atoms with Crippen LogP contribution in [0.2, 0.25) is 10.2 Å². The summed E-state index contributed by atoms with van der Waals surface area (Å²) >= 11 is 11.1. The predicted octanol–water partition coefficient (Wildman–Crippen LogP) is 7.72. The molecule has 8 rings (SSSR count). The molecule has 0 spiro atoms. The predicted molar refractivity (Wildman–Crippen MR) is 338 cm³/mol. The first-order valence-electron chi connectivity index (χ1n) is 26.9. The molecular formula is C56H65Cl2N17O23. The Balaban J connectivity index is 0.000000567. The van der Waals surface area contributed by atoms with Crippen LogP contribution in [0.25, 0.3) is 0 Å². The van der Waals surface area contributed by atoms with E-state index in [1.165, 1.54) is 60.8 Å². The first-order chi connectivity index (χ1) is 45.2. The summed E-state index contributed by atoms with van der Waals surface area (Å²) in [7, 11) is 1.52. The summed E-state index contributed by atoms with van der Waals surface area (Å²) in [5.74, 6) is -8.23. The minimum Gasteiger partial charge on any atom is -0.478 e. The number of nitro groups is 1. The van der Waals surface area contributed by atoms with Gasteiger partial charge in [-0.1, -0.05) is 28.4 Å². The van der Waals surface area contributed by atoms with Crippen molar-refractivity contribution in [3.8, 4) is 0 Å². The molecule has 0 aliphatic carbocycles. The average molecular weight is 1420 g/mol. The van der Waals surface area contributed by atoms with Crippen molar-refractivity contribution in [2.75, 3.05) is 10.6 Å². The summed E-state index contributed by atoms with van der Waals surface area (Å²) < 4.78 is 11.2. The van der Waals surface area contributed by atoms with E-state index in [1.54, 1.807) is 83.1 Å². The number of aryl methyl sites for hydroxylation is 5. The van der Waals surface area contributed by atoms with Gasteiger partial charge in [-0.05, 0) is 107 Å². The smallest absolute Gasteiger partial charge is 0.413 e. The first-order valence-corrected chi connectivity index (χ1v) is 27.6. The Hall–Kier alpha value is -12.5. The molecule has 0 bridgehead atoms. The summed E-state index contributed by atoms with van der Waals surface area (Å²) in [4.78, 5) is 134. The number of nitrogens with zero attached hydrogens (tertiary/aromatic N) is 12. The van der Waals surface area contributed by atoms with Crippen molar-refractivity contribution in [3.05, 3.63) is 167 Å². The second kappa shape index (κ2) is 38.0. The molecule has 8 heterocycles. The quantitative estimate of drug-likeness (QED) is 0.0316. The molecule has 0 radical (unpaired) electrons. The van der Waals surface area contributed by atoms with Crippen molar-refractivity contribution in [3.63, 3.8) is 0 Å². The Labute approximate surface area is 562 Å². The number of ether oxygens (including phenoxy) is 2. The Kier molecular flexibility index (Phi) is 32.4. The standard InChI is InChI=1S/C11H13ClN2O4.C11H14N2O4.C9H11NO3.C6H3ClN2O4.C6H8N2O2.C5H6N2O2.2C4H5N3O2/c1-11(2,3)18-10(17)14-8-7(12)4-6(5-13-8)9(15)16;1-11(2,3)17-10(16)13-8-4-5-12-6-7(8)9(14)15;1-9(2,13)7-4-3-6(5-10-7)8(11)12;7-5-4(9(12)13)1-3(2-8-5)6(10)11;1-3-5(6(9)10)4(2)8-7-3;1-3-4(5(8)9)2-6-7-3;1-7-3(4(8)9)2-5-6-7;1-2-5-3(4(8)9)7-6-2/h4-5H,1-3H3,(H,15,16)(H,13,14,17);4-6H,1-3H3,(H,14,15)(H,12,13,16);3-5,13H,1-2H3,(H,11,12);1-2H,(H,10,11);1-2H3,(H,7,8)(H,9,10);2H,1H3,(H,6,7)(H,8,9);2H,1H3,(H,8,9);1H3,(H,8,9)(H,5,6,7). The third kappa shape index (κ3) is 30.5. The molecule has 0 atom stereocenters. The number of H-pyrrole nitrogens is 3. The highest BCUT2D eigenvalue weighted by atomic mass is 35.5. The molecule has 0 aliphatic rings. The zero-order chi connectivity index (χ0) is 75.3. The fourth-order valence-corrected chi connectivity index (χ4v) is 6.44. The van der Waals surface area contributed by atoms with Crippen LogP contribution in [0.4, 0.5) is 26.8 Å². The SMILES string of the molecule is CC(C)(C)OC(=O)Nc1ccncc1C(=O)O.CC(C)(C)OC(=O)Nc1ncc(C(=O)O)cc1Cl.CC(C)(O)c1ccc(C(=O)O)cn1.Cc1[nH]ncc1C(=O)O.Cc1n[nH]c(C)c1C(=O)O.Cc1nc(C(=O)O)n[nH]1.Cn1nncc1C(=O)O.O=C(O)c1cnc(Cl)c([N+](=O)[O-])c1. The van der Waals surface area contributed by atoms with Gasteiger partial charge in [0.15, 0.2) is 11.5 Å². The third-order valence-electron chi connectivity index (χ3n) is 10.4. The second-order valence-corrected chi connectivity index (χ2v) is 21.9. The highest BCUT2D eigenvalue weighted by Crippen LogP contribution is 2.24. The zero-order valence-corrected chi connectivity index (χ0v) is 55.3. The molecule has 0 saturated heterocycles. The van der Waals surface area contributed by atoms with Gasteiger partial charge in [-0.25, -0.2) is 67.6 Å². The Bertz CT molecular complexity index is 4040. The number of rotatable bonds is 12. The van der Waals surface area contributed by atoms with E-state index in [1.807, 2.05) is 0 Å². The monoisotopic (exact) mass is 1410 g/mol. The van der Waals surface area contributed by atoms with Crippen molar-refractivity contribution in [2.24, 2.45) is 7.05 Å².